The second-order valence-electron chi connectivity index (χ2n) is 5.33. The molecule has 0 atom stereocenters. The fourth-order valence-corrected chi connectivity index (χ4v) is 2.18. The number of methoxy groups -OCH3 is 2. The lowest BCUT2D eigenvalue weighted by Crippen LogP contribution is -2.21. The Bertz CT molecular complexity index is 831. The highest BCUT2D eigenvalue weighted by atomic mass is 16.5. The molecule has 0 bridgehead atoms. The molecule has 2 aromatic carbocycles. The van der Waals surface area contributed by atoms with Gasteiger partial charge in [-0.25, -0.2) is 4.79 Å². The summed E-state index contributed by atoms with van der Waals surface area (Å²) in [7, 11) is 2.98. The molecule has 0 aromatic heterocycles. The van der Waals surface area contributed by atoms with Crippen LogP contribution in [0, 0.1) is 0 Å². The van der Waals surface area contributed by atoms with E-state index in [1.807, 2.05) is 0 Å². The molecule has 7 nitrogen and oxygen atoms in total. The molecule has 0 aliphatic rings. The number of hydrogen-bond donors (Lipinski definition) is 1. The standard InChI is InChI=1S/C19H19NO6/c1-12(21)13-5-4-6-14(9-13)19(23)26-11-18(22)20-16-10-15(24-2)7-8-17(16)25-3/h4-10H,11H2,1-3H3,(H,20,22). The van der Waals surface area contributed by atoms with Crippen LogP contribution in [0.5, 0.6) is 11.5 Å². The molecule has 2 rings (SSSR count). The molecular formula is C19H19NO6. The van der Waals surface area contributed by atoms with Gasteiger partial charge in [-0.2, -0.15) is 0 Å². The summed E-state index contributed by atoms with van der Waals surface area (Å²) in [4.78, 5) is 35.5. The smallest absolute Gasteiger partial charge is 0.338 e. The Morgan fingerprint density at radius 2 is 1.69 bits per heavy atom. The van der Waals surface area contributed by atoms with Crippen molar-refractivity contribution in [2.75, 3.05) is 26.1 Å². The first-order valence-electron chi connectivity index (χ1n) is 7.74. The number of ether oxygens (including phenoxy) is 3. The van der Waals surface area contributed by atoms with Crippen molar-refractivity contribution in [2.45, 2.75) is 6.92 Å². The maximum absolute atomic E-state index is 12.1. The molecule has 0 unspecified atom stereocenters. The Morgan fingerprint density at radius 3 is 2.35 bits per heavy atom. The van der Waals surface area contributed by atoms with Crippen molar-refractivity contribution in [3.8, 4) is 11.5 Å². The maximum Gasteiger partial charge on any atom is 0.338 e. The van der Waals surface area contributed by atoms with Crippen LogP contribution in [0.15, 0.2) is 42.5 Å². The number of carbonyl (C=O) groups is 3. The lowest BCUT2D eigenvalue weighted by molar-refractivity contribution is -0.119. The highest BCUT2D eigenvalue weighted by Gasteiger charge is 2.14. The number of ketones is 1. The van der Waals surface area contributed by atoms with Crippen LogP contribution in [0.25, 0.3) is 0 Å². The number of amides is 1. The molecule has 0 saturated carbocycles. The molecule has 0 saturated heterocycles. The Balaban J connectivity index is 1.99. The number of Topliss-reactive ketones (excluding diaryl/α,β-unsaturated/α-hetero) is 1. The second kappa shape index (κ2) is 8.66. The number of anilines is 1. The van der Waals surface area contributed by atoms with Crippen molar-refractivity contribution >= 4 is 23.3 Å². The number of carbonyl (C=O) groups excluding carboxylic acids is 3. The summed E-state index contributed by atoms with van der Waals surface area (Å²) in [5.74, 6) is -0.408. The zero-order valence-corrected chi connectivity index (χ0v) is 14.7. The van der Waals surface area contributed by atoms with Crippen molar-refractivity contribution in [3.05, 3.63) is 53.6 Å². The summed E-state index contributed by atoms with van der Waals surface area (Å²) in [6.07, 6.45) is 0. The summed E-state index contributed by atoms with van der Waals surface area (Å²) in [5, 5.41) is 2.60. The van der Waals surface area contributed by atoms with E-state index in [9.17, 15) is 14.4 Å². The van der Waals surface area contributed by atoms with E-state index in [1.165, 1.54) is 33.3 Å². The van der Waals surface area contributed by atoms with E-state index >= 15 is 0 Å². The van der Waals surface area contributed by atoms with Crippen LogP contribution in [0.1, 0.15) is 27.6 Å². The average Bonchev–Trinajstić information content (AvgIpc) is 2.66. The summed E-state index contributed by atoms with van der Waals surface area (Å²) in [6.45, 7) is 0.920. The van der Waals surface area contributed by atoms with E-state index in [-0.39, 0.29) is 11.3 Å². The largest absolute Gasteiger partial charge is 0.497 e. The zero-order valence-electron chi connectivity index (χ0n) is 14.7. The SMILES string of the molecule is COc1ccc(OC)c(NC(=O)COC(=O)c2cccc(C(C)=O)c2)c1. The summed E-state index contributed by atoms with van der Waals surface area (Å²) >= 11 is 0. The minimum absolute atomic E-state index is 0.164. The summed E-state index contributed by atoms with van der Waals surface area (Å²) < 4.78 is 15.3. The fraction of sp³-hybridized carbons (Fsp3) is 0.211. The number of nitrogens with one attached hydrogen (secondary N) is 1. The Hall–Kier alpha value is -3.35. The van der Waals surface area contributed by atoms with Crippen molar-refractivity contribution in [1.29, 1.82) is 0 Å². The van der Waals surface area contributed by atoms with Gasteiger partial charge in [-0.3, -0.25) is 9.59 Å². The van der Waals surface area contributed by atoms with Crippen LogP contribution in [-0.4, -0.2) is 38.5 Å². The Morgan fingerprint density at radius 1 is 0.962 bits per heavy atom. The molecule has 1 amide bonds. The first-order valence-corrected chi connectivity index (χ1v) is 7.74. The Labute approximate surface area is 150 Å². The van der Waals surface area contributed by atoms with E-state index in [1.54, 1.807) is 30.3 Å². The van der Waals surface area contributed by atoms with Crippen LogP contribution in [-0.2, 0) is 9.53 Å². The molecule has 0 aliphatic heterocycles. The quantitative estimate of drug-likeness (QED) is 0.605. The number of hydrogen-bond acceptors (Lipinski definition) is 6. The topological polar surface area (TPSA) is 90.9 Å². The summed E-state index contributed by atoms with van der Waals surface area (Å²) in [6, 6.07) is 11.0. The van der Waals surface area contributed by atoms with Crippen molar-refractivity contribution in [2.24, 2.45) is 0 Å². The molecule has 0 fully saturated rings. The van der Waals surface area contributed by atoms with Crippen LogP contribution >= 0.6 is 0 Å². The molecular weight excluding hydrogens is 338 g/mol. The molecule has 136 valence electrons. The molecule has 2 aromatic rings. The van der Waals surface area contributed by atoms with Crippen LogP contribution in [0.2, 0.25) is 0 Å². The summed E-state index contributed by atoms with van der Waals surface area (Å²) in [5.41, 5.74) is 0.987. The van der Waals surface area contributed by atoms with Gasteiger partial charge in [0.15, 0.2) is 12.4 Å². The van der Waals surface area contributed by atoms with Gasteiger partial charge in [-0.05, 0) is 31.2 Å². The lowest BCUT2D eigenvalue weighted by Gasteiger charge is -2.12. The minimum Gasteiger partial charge on any atom is -0.497 e. The van der Waals surface area contributed by atoms with Gasteiger partial charge in [0.2, 0.25) is 0 Å². The van der Waals surface area contributed by atoms with E-state index in [0.29, 0.717) is 22.7 Å². The number of esters is 1. The van der Waals surface area contributed by atoms with E-state index in [2.05, 4.69) is 5.32 Å². The third-order valence-electron chi connectivity index (χ3n) is 3.52. The van der Waals surface area contributed by atoms with Gasteiger partial charge in [0.05, 0.1) is 25.5 Å². The fourth-order valence-electron chi connectivity index (χ4n) is 2.18. The maximum atomic E-state index is 12.1. The molecule has 0 radical (unpaired) electrons. The monoisotopic (exact) mass is 357 g/mol. The molecule has 0 spiro atoms. The van der Waals surface area contributed by atoms with Crippen LogP contribution < -0.4 is 14.8 Å². The number of rotatable bonds is 7. The van der Waals surface area contributed by atoms with Crippen molar-refractivity contribution in [1.82, 2.24) is 0 Å². The average molecular weight is 357 g/mol. The molecule has 0 heterocycles. The molecule has 1 N–H and O–H groups in total. The van der Waals surface area contributed by atoms with Crippen molar-refractivity contribution in [3.63, 3.8) is 0 Å². The van der Waals surface area contributed by atoms with E-state index in [4.69, 9.17) is 14.2 Å². The third kappa shape index (κ3) is 4.83. The van der Waals surface area contributed by atoms with Gasteiger partial charge in [0.25, 0.3) is 5.91 Å². The molecule has 0 aliphatic carbocycles. The Kier molecular flexibility index (Phi) is 6.32. The van der Waals surface area contributed by atoms with E-state index in [0.717, 1.165) is 0 Å². The van der Waals surface area contributed by atoms with Gasteiger partial charge in [0, 0.05) is 11.6 Å². The highest BCUT2D eigenvalue weighted by Crippen LogP contribution is 2.28. The second-order valence-corrected chi connectivity index (χ2v) is 5.33. The normalized spacial score (nSPS) is 9.96. The van der Waals surface area contributed by atoms with Gasteiger partial charge in [-0.1, -0.05) is 12.1 Å². The first-order chi connectivity index (χ1) is 12.4. The zero-order chi connectivity index (χ0) is 19.1. The molecule has 7 heteroatoms. The van der Waals surface area contributed by atoms with Gasteiger partial charge < -0.3 is 19.5 Å². The predicted octanol–water partition coefficient (Wildman–Crippen LogP) is 2.70. The number of benzene rings is 2. The molecule has 26 heavy (non-hydrogen) atoms. The van der Waals surface area contributed by atoms with Crippen molar-refractivity contribution < 1.29 is 28.6 Å². The van der Waals surface area contributed by atoms with Gasteiger partial charge in [0.1, 0.15) is 11.5 Å². The third-order valence-corrected chi connectivity index (χ3v) is 3.52. The van der Waals surface area contributed by atoms with Gasteiger partial charge in [-0.15, -0.1) is 0 Å². The highest BCUT2D eigenvalue weighted by molar-refractivity contribution is 5.99. The first kappa shape index (κ1) is 19.0. The lowest BCUT2D eigenvalue weighted by atomic mass is 10.1. The predicted molar refractivity (Wildman–Crippen MR) is 94.9 cm³/mol. The van der Waals surface area contributed by atoms with Gasteiger partial charge >= 0.3 is 5.97 Å². The van der Waals surface area contributed by atoms with Crippen LogP contribution in [0.3, 0.4) is 0 Å². The minimum atomic E-state index is -0.694. The van der Waals surface area contributed by atoms with E-state index < -0.39 is 18.5 Å². The van der Waals surface area contributed by atoms with Crippen LogP contribution in [0.4, 0.5) is 5.69 Å².